The van der Waals surface area contributed by atoms with Crippen LogP contribution < -0.4 is 10.6 Å². The molecule has 1 heterocycles. The fraction of sp³-hybridized carbons (Fsp3) is 0.929. The van der Waals surface area contributed by atoms with Crippen LogP contribution >= 0.6 is 12.4 Å². The number of aliphatic hydroxyl groups is 1. The summed E-state index contributed by atoms with van der Waals surface area (Å²) in [6, 6.07) is 0.209. The summed E-state index contributed by atoms with van der Waals surface area (Å²) >= 11 is 0. The third-order valence-electron chi connectivity index (χ3n) is 5.47. The Hall–Kier alpha value is -0.320. The molecule has 4 nitrogen and oxygen atoms in total. The van der Waals surface area contributed by atoms with E-state index in [1.54, 1.807) is 0 Å². The minimum Gasteiger partial charge on any atom is -0.396 e. The highest BCUT2D eigenvalue weighted by molar-refractivity contribution is 5.86. The van der Waals surface area contributed by atoms with Crippen LogP contribution in [0.25, 0.3) is 0 Å². The summed E-state index contributed by atoms with van der Waals surface area (Å²) < 4.78 is 0. The van der Waals surface area contributed by atoms with Gasteiger partial charge in [-0.2, -0.15) is 0 Å². The molecular weight excluding hydrogens is 264 g/mol. The molecule has 1 amide bonds. The van der Waals surface area contributed by atoms with Crippen LogP contribution in [0.3, 0.4) is 0 Å². The Bertz CT molecular complexity index is 344. The Balaban J connectivity index is 0.00000133. The fourth-order valence-corrected chi connectivity index (χ4v) is 4.30. The highest BCUT2D eigenvalue weighted by Gasteiger charge is 2.49. The number of amides is 1. The van der Waals surface area contributed by atoms with Crippen LogP contribution in [0.4, 0.5) is 0 Å². The molecule has 0 aromatic carbocycles. The first kappa shape index (κ1) is 15.1. The molecule has 0 spiro atoms. The van der Waals surface area contributed by atoms with Crippen LogP contribution in [0.5, 0.6) is 0 Å². The van der Waals surface area contributed by atoms with E-state index in [2.05, 4.69) is 10.6 Å². The quantitative estimate of drug-likeness (QED) is 0.728. The van der Waals surface area contributed by atoms with E-state index in [9.17, 15) is 9.90 Å². The van der Waals surface area contributed by atoms with Crippen molar-refractivity contribution in [3.05, 3.63) is 0 Å². The molecule has 3 rings (SSSR count). The van der Waals surface area contributed by atoms with Gasteiger partial charge in [-0.15, -0.1) is 12.4 Å². The molecule has 110 valence electrons. The third-order valence-corrected chi connectivity index (χ3v) is 5.47. The second-order valence-corrected chi connectivity index (χ2v) is 6.54. The maximum Gasteiger partial charge on any atom is 0.240 e. The van der Waals surface area contributed by atoms with Crippen molar-refractivity contribution in [1.29, 1.82) is 0 Å². The molecule has 5 atom stereocenters. The average Bonchev–Trinajstić information content (AvgIpc) is 3.04. The summed E-state index contributed by atoms with van der Waals surface area (Å²) in [6.45, 7) is 3.15. The largest absolute Gasteiger partial charge is 0.396 e. The van der Waals surface area contributed by atoms with Gasteiger partial charge in [-0.05, 0) is 57.4 Å². The van der Waals surface area contributed by atoms with Crippen molar-refractivity contribution in [2.24, 2.45) is 17.8 Å². The zero-order valence-corrected chi connectivity index (χ0v) is 12.3. The monoisotopic (exact) mass is 288 g/mol. The maximum atomic E-state index is 12.4. The van der Waals surface area contributed by atoms with Crippen LogP contribution in [0.2, 0.25) is 0 Å². The molecule has 2 aliphatic carbocycles. The predicted octanol–water partition coefficient (Wildman–Crippen LogP) is 1.07. The van der Waals surface area contributed by atoms with Crippen molar-refractivity contribution in [3.63, 3.8) is 0 Å². The summed E-state index contributed by atoms with van der Waals surface area (Å²) in [5, 5.41) is 16.1. The van der Waals surface area contributed by atoms with Gasteiger partial charge in [0, 0.05) is 18.6 Å². The summed E-state index contributed by atoms with van der Waals surface area (Å²) in [5.41, 5.74) is -0.387. The van der Waals surface area contributed by atoms with Gasteiger partial charge < -0.3 is 15.7 Å². The number of rotatable bonds is 3. The molecule has 0 radical (unpaired) electrons. The van der Waals surface area contributed by atoms with Gasteiger partial charge in [0.15, 0.2) is 0 Å². The summed E-state index contributed by atoms with van der Waals surface area (Å²) in [7, 11) is 0. The number of nitrogens with one attached hydrogen (secondary N) is 2. The van der Waals surface area contributed by atoms with Crippen molar-refractivity contribution in [1.82, 2.24) is 10.6 Å². The molecule has 19 heavy (non-hydrogen) atoms. The fourth-order valence-electron chi connectivity index (χ4n) is 4.30. The lowest BCUT2D eigenvalue weighted by Gasteiger charge is -2.33. The molecule has 0 aromatic heterocycles. The smallest absolute Gasteiger partial charge is 0.240 e. The summed E-state index contributed by atoms with van der Waals surface area (Å²) in [6.07, 6.45) is 5.64. The van der Waals surface area contributed by atoms with Crippen molar-refractivity contribution < 1.29 is 9.90 Å². The second-order valence-electron chi connectivity index (χ2n) is 6.54. The van der Waals surface area contributed by atoms with Gasteiger partial charge in [0.1, 0.15) is 0 Å². The van der Waals surface area contributed by atoms with Crippen LogP contribution in [0.15, 0.2) is 0 Å². The van der Waals surface area contributed by atoms with Gasteiger partial charge in [-0.1, -0.05) is 0 Å². The number of hydrogen-bond donors (Lipinski definition) is 3. The molecule has 3 N–H and O–H groups in total. The van der Waals surface area contributed by atoms with Gasteiger partial charge in [0.25, 0.3) is 0 Å². The lowest BCUT2D eigenvalue weighted by molar-refractivity contribution is -0.128. The van der Waals surface area contributed by atoms with E-state index in [4.69, 9.17) is 0 Å². The predicted molar refractivity (Wildman–Crippen MR) is 76.2 cm³/mol. The van der Waals surface area contributed by atoms with Gasteiger partial charge in [-0.25, -0.2) is 0 Å². The van der Waals surface area contributed by atoms with Crippen LogP contribution in [-0.2, 0) is 4.79 Å². The molecular formula is C14H25ClN2O2. The van der Waals surface area contributed by atoms with Gasteiger partial charge in [-0.3, -0.25) is 4.79 Å². The van der Waals surface area contributed by atoms with Crippen molar-refractivity contribution >= 4 is 18.3 Å². The van der Waals surface area contributed by atoms with Crippen molar-refractivity contribution in [2.75, 3.05) is 13.2 Å². The molecule has 5 heteroatoms. The lowest BCUT2D eigenvalue weighted by Crippen LogP contribution is -2.56. The minimum absolute atomic E-state index is 0. The standard InChI is InChI=1S/C14H24N2O2.ClH/c1-14(5-2-6-15-14)13(18)16-12-10-4-3-9(7-10)11(12)8-17;/h9-12,15,17H,2-8H2,1H3,(H,16,18);1H. The number of hydrogen-bond acceptors (Lipinski definition) is 3. The first-order valence-corrected chi connectivity index (χ1v) is 7.31. The number of fused-ring (bicyclic) bond motifs is 2. The Morgan fingerprint density at radius 3 is 2.79 bits per heavy atom. The van der Waals surface area contributed by atoms with E-state index in [1.807, 2.05) is 6.92 Å². The third kappa shape index (κ3) is 2.50. The van der Waals surface area contributed by atoms with Crippen molar-refractivity contribution in [2.45, 2.75) is 50.6 Å². The number of aliphatic hydroxyl groups excluding tert-OH is 1. The van der Waals surface area contributed by atoms with E-state index in [1.165, 1.54) is 19.3 Å². The van der Waals surface area contributed by atoms with E-state index in [0.717, 1.165) is 19.4 Å². The molecule has 3 fully saturated rings. The average molecular weight is 289 g/mol. The van der Waals surface area contributed by atoms with E-state index < -0.39 is 0 Å². The van der Waals surface area contributed by atoms with E-state index in [0.29, 0.717) is 11.8 Å². The van der Waals surface area contributed by atoms with Gasteiger partial charge in [0.05, 0.1) is 5.54 Å². The SMILES string of the molecule is CC1(C(=O)NC2C3CCC(C3)C2CO)CCCN1.Cl. The summed E-state index contributed by atoms with van der Waals surface area (Å²) in [4.78, 5) is 12.4. The number of halogens is 1. The topological polar surface area (TPSA) is 61.4 Å². The molecule has 1 saturated heterocycles. The number of carbonyl (C=O) groups is 1. The first-order valence-electron chi connectivity index (χ1n) is 7.31. The summed E-state index contributed by atoms with van der Waals surface area (Å²) in [5.74, 6) is 1.66. The number of carbonyl (C=O) groups excluding carboxylic acids is 1. The highest BCUT2D eigenvalue weighted by Crippen LogP contribution is 2.48. The maximum absolute atomic E-state index is 12.4. The minimum atomic E-state index is -0.387. The van der Waals surface area contributed by atoms with E-state index >= 15 is 0 Å². The van der Waals surface area contributed by atoms with Gasteiger partial charge in [0.2, 0.25) is 5.91 Å². The Morgan fingerprint density at radius 2 is 2.16 bits per heavy atom. The molecule has 2 saturated carbocycles. The van der Waals surface area contributed by atoms with Crippen LogP contribution in [0.1, 0.15) is 39.0 Å². The van der Waals surface area contributed by atoms with Gasteiger partial charge >= 0.3 is 0 Å². The Kier molecular flexibility index (Phi) is 4.43. The molecule has 2 bridgehead atoms. The van der Waals surface area contributed by atoms with Crippen LogP contribution in [0, 0.1) is 17.8 Å². The molecule has 3 aliphatic rings. The molecule has 1 aliphatic heterocycles. The first-order chi connectivity index (χ1) is 8.64. The Morgan fingerprint density at radius 1 is 1.42 bits per heavy atom. The lowest BCUT2D eigenvalue weighted by atomic mass is 9.84. The Labute approximate surface area is 121 Å². The molecule has 5 unspecified atom stereocenters. The van der Waals surface area contributed by atoms with Crippen molar-refractivity contribution in [3.8, 4) is 0 Å². The van der Waals surface area contributed by atoms with Crippen LogP contribution in [-0.4, -0.2) is 35.7 Å². The zero-order valence-electron chi connectivity index (χ0n) is 11.5. The second kappa shape index (κ2) is 5.58. The van der Waals surface area contributed by atoms with E-state index in [-0.39, 0.29) is 42.4 Å². The molecule has 0 aromatic rings. The highest BCUT2D eigenvalue weighted by atomic mass is 35.5. The normalized spacial score (nSPS) is 44.1. The zero-order chi connectivity index (χ0) is 12.8.